The molecule has 1 aromatic heterocycles. The van der Waals surface area contributed by atoms with Crippen molar-refractivity contribution in [2.75, 3.05) is 4.90 Å². The van der Waals surface area contributed by atoms with Crippen LogP contribution in [-0.2, 0) is 16.9 Å². The van der Waals surface area contributed by atoms with Gasteiger partial charge < -0.3 is 10.0 Å². The highest BCUT2D eigenvalue weighted by Crippen LogP contribution is 2.44. The smallest absolute Gasteiger partial charge is 0.268 e. The van der Waals surface area contributed by atoms with E-state index in [9.17, 15) is 9.90 Å². The van der Waals surface area contributed by atoms with Crippen LogP contribution in [0, 0.1) is 0 Å². The van der Waals surface area contributed by atoms with Gasteiger partial charge in [0.25, 0.3) is 5.91 Å². The van der Waals surface area contributed by atoms with Crippen molar-refractivity contribution in [2.24, 2.45) is 0 Å². The lowest BCUT2D eigenvalue weighted by Crippen LogP contribution is -2.41. The number of hydrogen-bond donors (Lipinski definition) is 1. The second kappa shape index (κ2) is 5.95. The minimum atomic E-state index is -1.79. The van der Waals surface area contributed by atoms with Gasteiger partial charge in [0.1, 0.15) is 6.33 Å². The van der Waals surface area contributed by atoms with Crippen molar-refractivity contribution in [1.82, 2.24) is 9.97 Å². The van der Waals surface area contributed by atoms with Crippen molar-refractivity contribution in [3.8, 4) is 0 Å². The summed E-state index contributed by atoms with van der Waals surface area (Å²) in [6.45, 7) is 0.336. The van der Waals surface area contributed by atoms with Gasteiger partial charge >= 0.3 is 0 Å². The Bertz CT molecular complexity index is 931. The summed E-state index contributed by atoms with van der Waals surface area (Å²) in [4.78, 5) is 22.6. The van der Waals surface area contributed by atoms with Crippen molar-refractivity contribution in [3.63, 3.8) is 0 Å². The Labute approximate surface area is 149 Å². The van der Waals surface area contributed by atoms with Gasteiger partial charge in [0.2, 0.25) is 0 Å². The normalized spacial score (nSPS) is 19.1. The fraction of sp³-hybridized carbons (Fsp3) is 0.105. The average molecular weight is 352 g/mol. The van der Waals surface area contributed by atoms with Crippen LogP contribution >= 0.6 is 11.6 Å². The quantitative estimate of drug-likeness (QED) is 0.788. The second-order valence-corrected chi connectivity index (χ2v) is 6.31. The molecule has 0 saturated heterocycles. The first-order chi connectivity index (χ1) is 12.1. The molecule has 0 radical (unpaired) electrons. The predicted octanol–water partition coefficient (Wildman–Crippen LogP) is 2.91. The number of amides is 1. The van der Waals surface area contributed by atoms with E-state index in [-0.39, 0.29) is 0 Å². The van der Waals surface area contributed by atoms with Crippen LogP contribution in [0.3, 0.4) is 0 Å². The topological polar surface area (TPSA) is 66.3 Å². The average Bonchev–Trinajstić information content (AvgIpc) is 2.87. The first-order valence-corrected chi connectivity index (χ1v) is 8.12. The van der Waals surface area contributed by atoms with Gasteiger partial charge in [-0.2, -0.15) is 0 Å². The van der Waals surface area contributed by atoms with Gasteiger partial charge in [-0.05, 0) is 23.8 Å². The largest absolute Gasteiger partial charge is 0.372 e. The summed E-state index contributed by atoms with van der Waals surface area (Å²) >= 11 is 5.93. The lowest BCUT2D eigenvalue weighted by molar-refractivity contribution is -0.132. The Morgan fingerprint density at radius 2 is 1.72 bits per heavy atom. The van der Waals surface area contributed by atoms with E-state index in [1.807, 2.05) is 24.3 Å². The number of hydrogen-bond acceptors (Lipinski definition) is 4. The lowest BCUT2D eigenvalue weighted by atomic mass is 9.89. The van der Waals surface area contributed by atoms with E-state index in [2.05, 4.69) is 9.97 Å². The highest BCUT2D eigenvalue weighted by atomic mass is 35.5. The van der Waals surface area contributed by atoms with Crippen LogP contribution in [0.4, 0.5) is 5.69 Å². The van der Waals surface area contributed by atoms with Crippen molar-refractivity contribution < 1.29 is 9.90 Å². The molecule has 1 aliphatic rings. The third kappa shape index (κ3) is 2.49. The highest BCUT2D eigenvalue weighted by molar-refractivity contribution is 6.30. The fourth-order valence-corrected chi connectivity index (χ4v) is 3.26. The Balaban J connectivity index is 1.80. The Morgan fingerprint density at radius 3 is 2.44 bits per heavy atom. The number of nitrogens with zero attached hydrogens (tertiary/aromatic N) is 3. The van der Waals surface area contributed by atoms with Crippen LogP contribution in [0.25, 0.3) is 0 Å². The molecule has 1 aliphatic heterocycles. The molecule has 0 unspecified atom stereocenters. The first kappa shape index (κ1) is 15.7. The van der Waals surface area contributed by atoms with E-state index < -0.39 is 11.5 Å². The number of aromatic nitrogens is 2. The monoisotopic (exact) mass is 351 g/mol. The van der Waals surface area contributed by atoms with E-state index in [0.717, 1.165) is 5.56 Å². The molecule has 0 bridgehead atoms. The Kier molecular flexibility index (Phi) is 3.75. The van der Waals surface area contributed by atoms with Crippen LogP contribution in [0.2, 0.25) is 5.02 Å². The van der Waals surface area contributed by atoms with Gasteiger partial charge in [0.05, 0.1) is 12.2 Å². The first-order valence-electron chi connectivity index (χ1n) is 7.74. The number of fused-ring (bicyclic) bond motifs is 1. The van der Waals surface area contributed by atoms with Gasteiger partial charge in [-0.15, -0.1) is 0 Å². The maximum Gasteiger partial charge on any atom is 0.268 e. The van der Waals surface area contributed by atoms with Gasteiger partial charge in [-0.25, -0.2) is 9.97 Å². The van der Waals surface area contributed by atoms with Crippen molar-refractivity contribution in [2.45, 2.75) is 12.1 Å². The second-order valence-electron chi connectivity index (χ2n) is 5.87. The molecule has 6 heteroatoms. The summed E-state index contributed by atoms with van der Waals surface area (Å²) in [5.41, 5.74) is 0.689. The number of rotatable bonds is 3. The molecule has 4 rings (SSSR count). The predicted molar refractivity (Wildman–Crippen MR) is 94.1 cm³/mol. The fourth-order valence-electron chi connectivity index (χ4n) is 3.13. The van der Waals surface area contributed by atoms with Gasteiger partial charge in [0, 0.05) is 28.5 Å². The van der Waals surface area contributed by atoms with Crippen LogP contribution < -0.4 is 4.90 Å². The maximum atomic E-state index is 13.2. The standard InChI is InChI=1S/C19H14ClN3O2/c20-15-7-5-13(6-8-15)11-23-17-4-2-1-3-16(17)19(25,18(23)24)14-9-21-12-22-10-14/h1-10,12,25H,11H2/t19-/m0/s1. The van der Waals surface area contributed by atoms with Gasteiger partial charge in [-0.3, -0.25) is 4.79 Å². The van der Waals surface area contributed by atoms with E-state index in [1.165, 1.54) is 18.7 Å². The maximum absolute atomic E-state index is 13.2. The molecule has 1 amide bonds. The molecule has 0 aliphatic carbocycles. The highest BCUT2D eigenvalue weighted by Gasteiger charge is 2.51. The van der Waals surface area contributed by atoms with E-state index in [4.69, 9.17) is 11.6 Å². The molecule has 0 fully saturated rings. The number of aliphatic hydroxyl groups is 1. The number of anilines is 1. The van der Waals surface area contributed by atoms with Gasteiger partial charge in [0.15, 0.2) is 5.60 Å². The molecule has 0 spiro atoms. The summed E-state index contributed by atoms with van der Waals surface area (Å²) in [5.74, 6) is -0.418. The number of halogens is 1. The zero-order chi connectivity index (χ0) is 17.4. The summed E-state index contributed by atoms with van der Waals surface area (Å²) < 4.78 is 0. The zero-order valence-electron chi connectivity index (χ0n) is 13.1. The molecule has 1 atom stereocenters. The molecule has 2 aromatic carbocycles. The molecular formula is C19H14ClN3O2. The number of carbonyl (C=O) groups excluding carboxylic acids is 1. The summed E-state index contributed by atoms with van der Waals surface area (Å²) in [5, 5.41) is 11.9. The Morgan fingerprint density at radius 1 is 1.04 bits per heavy atom. The van der Waals surface area contributed by atoms with E-state index >= 15 is 0 Å². The summed E-state index contributed by atoms with van der Waals surface area (Å²) in [7, 11) is 0. The molecule has 5 nitrogen and oxygen atoms in total. The van der Waals surface area contributed by atoms with E-state index in [0.29, 0.717) is 28.4 Å². The zero-order valence-corrected chi connectivity index (χ0v) is 13.9. The number of carbonyl (C=O) groups is 1. The van der Waals surface area contributed by atoms with Crippen LogP contribution in [0.15, 0.2) is 67.3 Å². The number of benzene rings is 2. The molecule has 3 aromatic rings. The SMILES string of the molecule is O=C1N(Cc2ccc(Cl)cc2)c2ccccc2[C@@]1(O)c1cncnc1. The van der Waals surface area contributed by atoms with Crippen LogP contribution in [-0.4, -0.2) is 21.0 Å². The minimum Gasteiger partial charge on any atom is -0.372 e. The van der Waals surface area contributed by atoms with Crippen molar-refractivity contribution in [3.05, 3.63) is 89.0 Å². The third-order valence-corrected chi connectivity index (χ3v) is 4.62. The van der Waals surface area contributed by atoms with Crippen LogP contribution in [0.1, 0.15) is 16.7 Å². The molecule has 25 heavy (non-hydrogen) atoms. The Hall–Kier alpha value is -2.76. The molecule has 124 valence electrons. The molecule has 0 saturated carbocycles. The molecular weight excluding hydrogens is 338 g/mol. The minimum absolute atomic E-state index is 0.336. The van der Waals surface area contributed by atoms with Crippen LogP contribution in [0.5, 0.6) is 0 Å². The number of para-hydroxylation sites is 1. The summed E-state index contributed by atoms with van der Waals surface area (Å²) in [6, 6.07) is 14.5. The van der Waals surface area contributed by atoms with E-state index in [1.54, 1.807) is 29.2 Å². The molecule has 2 heterocycles. The lowest BCUT2D eigenvalue weighted by Gasteiger charge is -2.23. The third-order valence-electron chi connectivity index (χ3n) is 4.37. The van der Waals surface area contributed by atoms with Crippen molar-refractivity contribution >= 4 is 23.2 Å². The van der Waals surface area contributed by atoms with Gasteiger partial charge in [-0.1, -0.05) is 41.9 Å². The summed E-state index contributed by atoms with van der Waals surface area (Å²) in [6.07, 6.45) is 4.30. The molecule has 1 N–H and O–H groups in total. The van der Waals surface area contributed by atoms with Crippen molar-refractivity contribution in [1.29, 1.82) is 0 Å².